The highest BCUT2D eigenvalue weighted by molar-refractivity contribution is 7.89. The van der Waals surface area contributed by atoms with E-state index in [9.17, 15) is 21.6 Å². The van der Waals surface area contributed by atoms with Crippen molar-refractivity contribution in [2.75, 3.05) is 25.6 Å². The van der Waals surface area contributed by atoms with Crippen LogP contribution in [-0.2, 0) is 20.9 Å². The summed E-state index contributed by atoms with van der Waals surface area (Å²) in [5.41, 5.74) is 0.281. The summed E-state index contributed by atoms with van der Waals surface area (Å²) in [6, 6.07) is 13.1. The van der Waals surface area contributed by atoms with Gasteiger partial charge in [0.1, 0.15) is 12.1 Å². The van der Waals surface area contributed by atoms with Gasteiger partial charge in [0.05, 0.1) is 28.3 Å². The molecule has 2 aromatic carbocycles. The highest BCUT2D eigenvalue weighted by Crippen LogP contribution is 2.37. The smallest absolute Gasteiger partial charge is 0.383 e. The normalized spacial score (nSPS) is 16.7. The van der Waals surface area contributed by atoms with Gasteiger partial charge in [0.25, 0.3) is 0 Å². The molecular weight excluding hydrogens is 519 g/mol. The maximum absolute atomic E-state index is 13.5. The molecule has 0 unspecified atom stereocenters. The summed E-state index contributed by atoms with van der Waals surface area (Å²) in [5, 5.41) is 3.72. The minimum atomic E-state index is -4.55. The van der Waals surface area contributed by atoms with Crippen molar-refractivity contribution in [3.8, 4) is 11.3 Å². The van der Waals surface area contributed by atoms with Crippen LogP contribution in [0.4, 0.5) is 24.7 Å². The molecule has 0 spiro atoms. The predicted molar refractivity (Wildman–Crippen MR) is 136 cm³/mol. The molecule has 0 saturated carbocycles. The summed E-state index contributed by atoms with van der Waals surface area (Å²) in [4.78, 5) is 12.6. The number of hydrogen-bond acceptors (Lipinski definition) is 7. The lowest BCUT2D eigenvalue weighted by Gasteiger charge is -2.23. The minimum Gasteiger partial charge on any atom is -0.383 e. The fraction of sp³-hybridized carbons (Fsp3) is 0.269. The molecule has 12 heteroatoms. The van der Waals surface area contributed by atoms with Gasteiger partial charge in [-0.15, -0.1) is 0 Å². The van der Waals surface area contributed by atoms with Crippen molar-refractivity contribution < 1.29 is 26.3 Å². The number of ether oxygens (including phenoxy) is 1. The summed E-state index contributed by atoms with van der Waals surface area (Å²) < 4.78 is 73.4. The molecule has 0 bridgehead atoms. The average molecular weight is 544 g/mol. The summed E-state index contributed by atoms with van der Waals surface area (Å²) in [5.74, 6) is 0.425. The molecule has 2 aromatic heterocycles. The zero-order valence-electron chi connectivity index (χ0n) is 20.3. The van der Waals surface area contributed by atoms with Gasteiger partial charge in [-0.05, 0) is 61.4 Å². The van der Waals surface area contributed by atoms with E-state index in [1.54, 1.807) is 25.3 Å². The number of sulfonamides is 1. The van der Waals surface area contributed by atoms with Gasteiger partial charge >= 0.3 is 6.18 Å². The van der Waals surface area contributed by atoms with Gasteiger partial charge in [0.15, 0.2) is 0 Å². The SMILES string of the molecule is COC[C@@H]1CCCN1S(=O)(=O)c1ccc(Nc2ncnc3cc(-c4ncccc4C(F)(F)F)ccc23)cc1. The minimum absolute atomic E-state index is 0.180. The second kappa shape index (κ2) is 10.3. The maximum atomic E-state index is 13.5. The molecule has 1 N–H and O–H groups in total. The average Bonchev–Trinajstić information content (AvgIpc) is 3.38. The highest BCUT2D eigenvalue weighted by Gasteiger charge is 2.35. The van der Waals surface area contributed by atoms with E-state index in [-0.39, 0.29) is 22.2 Å². The standard InChI is InChI=1S/C26H24F3N5O3S/c1-37-15-19-4-3-13-34(19)38(35,36)20-9-7-18(8-10-20)33-25-21-11-6-17(14-23(21)31-16-32-25)24-22(26(27,28)29)5-2-12-30-24/h2,5-12,14,16,19H,3-4,13,15H2,1H3,(H,31,32,33)/t19-/m0/s1. The molecule has 1 saturated heterocycles. The number of rotatable bonds is 7. The van der Waals surface area contributed by atoms with Crippen LogP contribution in [0.5, 0.6) is 0 Å². The van der Waals surface area contributed by atoms with Crippen LogP contribution >= 0.6 is 0 Å². The number of aromatic nitrogens is 3. The van der Waals surface area contributed by atoms with Crippen molar-refractivity contribution in [1.82, 2.24) is 19.3 Å². The first kappa shape index (κ1) is 26.0. The Labute approximate surface area is 217 Å². The highest BCUT2D eigenvalue weighted by atomic mass is 32.2. The van der Waals surface area contributed by atoms with E-state index >= 15 is 0 Å². The second-order valence-electron chi connectivity index (χ2n) is 8.87. The molecule has 5 rings (SSSR count). The summed E-state index contributed by atoms with van der Waals surface area (Å²) in [6.45, 7) is 0.799. The van der Waals surface area contributed by atoms with Crippen LogP contribution in [0.15, 0.2) is 72.0 Å². The number of nitrogens with one attached hydrogen (secondary N) is 1. The Morgan fingerprint density at radius 2 is 1.87 bits per heavy atom. The van der Waals surface area contributed by atoms with Gasteiger partial charge in [-0.1, -0.05) is 6.07 Å². The lowest BCUT2D eigenvalue weighted by molar-refractivity contribution is -0.137. The van der Waals surface area contributed by atoms with Crippen molar-refractivity contribution in [3.05, 3.63) is 72.7 Å². The molecule has 38 heavy (non-hydrogen) atoms. The molecule has 8 nitrogen and oxygen atoms in total. The van der Waals surface area contributed by atoms with Gasteiger partial charge in [-0.25, -0.2) is 18.4 Å². The Bertz CT molecular complexity index is 1560. The number of anilines is 2. The summed E-state index contributed by atoms with van der Waals surface area (Å²) >= 11 is 0. The Morgan fingerprint density at radius 1 is 1.08 bits per heavy atom. The van der Waals surface area contributed by atoms with E-state index in [2.05, 4.69) is 20.3 Å². The molecule has 0 amide bonds. The van der Waals surface area contributed by atoms with Crippen molar-refractivity contribution in [2.45, 2.75) is 30.0 Å². The molecular formula is C26H24F3N5O3S. The fourth-order valence-electron chi connectivity index (χ4n) is 4.63. The third-order valence-corrected chi connectivity index (χ3v) is 8.39. The van der Waals surface area contributed by atoms with E-state index in [1.807, 2.05) is 0 Å². The van der Waals surface area contributed by atoms with Crippen LogP contribution < -0.4 is 5.32 Å². The lowest BCUT2D eigenvalue weighted by atomic mass is 10.0. The fourth-order valence-corrected chi connectivity index (χ4v) is 6.31. The zero-order chi connectivity index (χ0) is 26.9. The van der Waals surface area contributed by atoms with E-state index in [0.717, 1.165) is 18.9 Å². The van der Waals surface area contributed by atoms with E-state index in [0.29, 0.717) is 35.6 Å². The van der Waals surface area contributed by atoms with Gasteiger partial charge in [0, 0.05) is 42.5 Å². The number of nitrogens with zero attached hydrogens (tertiary/aromatic N) is 4. The second-order valence-corrected chi connectivity index (χ2v) is 10.8. The molecule has 198 valence electrons. The van der Waals surface area contributed by atoms with Gasteiger partial charge < -0.3 is 10.1 Å². The molecule has 0 radical (unpaired) electrons. The van der Waals surface area contributed by atoms with E-state index in [4.69, 9.17) is 4.74 Å². The van der Waals surface area contributed by atoms with E-state index < -0.39 is 21.8 Å². The molecule has 1 aliphatic rings. The zero-order valence-corrected chi connectivity index (χ0v) is 21.1. The Balaban J connectivity index is 1.41. The number of alkyl halides is 3. The van der Waals surface area contributed by atoms with Gasteiger partial charge in [0.2, 0.25) is 10.0 Å². The number of methoxy groups -OCH3 is 1. The molecule has 1 fully saturated rings. The number of pyridine rings is 1. The number of hydrogen-bond donors (Lipinski definition) is 1. The summed E-state index contributed by atoms with van der Waals surface area (Å²) in [6.07, 6.45) is -0.386. The van der Waals surface area contributed by atoms with Crippen LogP contribution in [0.25, 0.3) is 22.2 Å². The third-order valence-electron chi connectivity index (χ3n) is 6.43. The van der Waals surface area contributed by atoms with Gasteiger partial charge in [-0.3, -0.25) is 4.98 Å². The largest absolute Gasteiger partial charge is 0.418 e. The monoisotopic (exact) mass is 543 g/mol. The van der Waals surface area contributed by atoms with Crippen LogP contribution in [-0.4, -0.2) is 54.0 Å². The molecule has 3 heterocycles. The lowest BCUT2D eigenvalue weighted by Crippen LogP contribution is -2.38. The summed E-state index contributed by atoms with van der Waals surface area (Å²) in [7, 11) is -2.11. The van der Waals surface area contributed by atoms with E-state index in [1.165, 1.54) is 47.2 Å². The topological polar surface area (TPSA) is 97.3 Å². The van der Waals surface area contributed by atoms with Crippen LogP contribution in [0.3, 0.4) is 0 Å². The van der Waals surface area contributed by atoms with Crippen LogP contribution in [0, 0.1) is 0 Å². The van der Waals surface area contributed by atoms with Crippen molar-refractivity contribution in [3.63, 3.8) is 0 Å². The number of benzene rings is 2. The molecule has 0 aliphatic carbocycles. The Morgan fingerprint density at radius 3 is 2.61 bits per heavy atom. The van der Waals surface area contributed by atoms with Crippen LogP contribution in [0.1, 0.15) is 18.4 Å². The Hall–Kier alpha value is -3.61. The predicted octanol–water partition coefficient (Wildman–Crippen LogP) is 5.25. The molecule has 1 aliphatic heterocycles. The first-order valence-corrected chi connectivity index (χ1v) is 13.3. The van der Waals surface area contributed by atoms with Crippen molar-refractivity contribution in [2.24, 2.45) is 0 Å². The third kappa shape index (κ3) is 5.06. The van der Waals surface area contributed by atoms with Crippen molar-refractivity contribution >= 4 is 32.4 Å². The maximum Gasteiger partial charge on any atom is 0.418 e. The Kier molecular flexibility index (Phi) is 7.03. The number of fused-ring (bicyclic) bond motifs is 1. The van der Waals surface area contributed by atoms with Crippen LogP contribution in [0.2, 0.25) is 0 Å². The number of halogens is 3. The molecule has 1 atom stereocenters. The first-order chi connectivity index (χ1) is 18.2. The first-order valence-electron chi connectivity index (χ1n) is 11.8. The van der Waals surface area contributed by atoms with Crippen molar-refractivity contribution in [1.29, 1.82) is 0 Å². The molecule has 4 aromatic rings. The quantitative estimate of drug-likeness (QED) is 0.340. The van der Waals surface area contributed by atoms with Gasteiger partial charge in [-0.2, -0.15) is 17.5 Å².